The Kier molecular flexibility index (Phi) is 3.01. The molecule has 0 aliphatic rings. The summed E-state index contributed by atoms with van der Waals surface area (Å²) in [7, 11) is 0. The van der Waals surface area contributed by atoms with Crippen molar-refractivity contribution in [3.63, 3.8) is 0 Å². The number of para-hydroxylation sites is 1. The van der Waals surface area contributed by atoms with Crippen LogP contribution < -0.4 is 5.11 Å². The van der Waals surface area contributed by atoms with E-state index in [1.54, 1.807) is 24.5 Å². The second-order valence-electron chi connectivity index (χ2n) is 4.20. The summed E-state index contributed by atoms with van der Waals surface area (Å²) in [5.41, 5.74) is 1.82. The Hall–Kier alpha value is -2.95. The SMILES string of the molecule is O=C([O-])c1cn(-c2ccccc2)nc1-c1cccnc1. The van der Waals surface area contributed by atoms with Crippen molar-refractivity contribution in [2.45, 2.75) is 0 Å². The molecule has 0 bridgehead atoms. The van der Waals surface area contributed by atoms with Crippen molar-refractivity contribution < 1.29 is 9.90 Å². The molecule has 0 aliphatic carbocycles. The van der Waals surface area contributed by atoms with Crippen LogP contribution in [0.15, 0.2) is 61.1 Å². The van der Waals surface area contributed by atoms with Gasteiger partial charge in [-0.1, -0.05) is 18.2 Å². The van der Waals surface area contributed by atoms with Gasteiger partial charge in [-0.05, 0) is 24.3 Å². The zero-order valence-corrected chi connectivity index (χ0v) is 10.4. The van der Waals surface area contributed by atoms with Crippen LogP contribution in [0.3, 0.4) is 0 Å². The first-order valence-electron chi connectivity index (χ1n) is 6.02. The molecule has 0 spiro atoms. The highest BCUT2D eigenvalue weighted by Gasteiger charge is 2.12. The summed E-state index contributed by atoms with van der Waals surface area (Å²) >= 11 is 0. The van der Waals surface area contributed by atoms with Crippen LogP contribution in [0.25, 0.3) is 16.9 Å². The van der Waals surface area contributed by atoms with Gasteiger partial charge in [-0.25, -0.2) is 4.68 Å². The number of aromatic carboxylic acids is 1. The van der Waals surface area contributed by atoms with Gasteiger partial charge in [-0.2, -0.15) is 5.10 Å². The Bertz CT molecular complexity index is 736. The molecular formula is C15H10N3O2-. The van der Waals surface area contributed by atoms with Crippen LogP contribution in [-0.2, 0) is 0 Å². The average molecular weight is 264 g/mol. The number of carboxylic acids is 1. The minimum Gasteiger partial charge on any atom is -0.545 e. The number of carboxylic acid groups (broad SMARTS) is 1. The molecule has 3 aromatic rings. The van der Waals surface area contributed by atoms with Crippen molar-refractivity contribution in [3.05, 3.63) is 66.6 Å². The Morgan fingerprint density at radius 2 is 1.90 bits per heavy atom. The Balaban J connectivity index is 2.15. The third kappa shape index (κ3) is 2.16. The largest absolute Gasteiger partial charge is 0.545 e. The van der Waals surface area contributed by atoms with E-state index < -0.39 is 5.97 Å². The number of hydrogen-bond acceptors (Lipinski definition) is 4. The fourth-order valence-electron chi connectivity index (χ4n) is 1.95. The van der Waals surface area contributed by atoms with E-state index in [1.807, 2.05) is 30.3 Å². The van der Waals surface area contributed by atoms with Gasteiger partial charge in [0.2, 0.25) is 0 Å². The molecule has 0 aliphatic heterocycles. The van der Waals surface area contributed by atoms with Crippen LogP contribution in [0.5, 0.6) is 0 Å². The van der Waals surface area contributed by atoms with Gasteiger partial charge in [0.05, 0.1) is 11.7 Å². The van der Waals surface area contributed by atoms with E-state index in [1.165, 1.54) is 10.9 Å². The number of nitrogens with zero attached hydrogens (tertiary/aromatic N) is 3. The molecule has 5 nitrogen and oxygen atoms in total. The summed E-state index contributed by atoms with van der Waals surface area (Å²) in [4.78, 5) is 15.2. The van der Waals surface area contributed by atoms with Crippen molar-refractivity contribution in [2.75, 3.05) is 0 Å². The highest BCUT2D eigenvalue weighted by molar-refractivity contribution is 5.93. The summed E-state index contributed by atoms with van der Waals surface area (Å²) in [5.74, 6) is -1.26. The zero-order chi connectivity index (χ0) is 13.9. The lowest BCUT2D eigenvalue weighted by atomic mass is 10.1. The van der Waals surface area contributed by atoms with Gasteiger partial charge >= 0.3 is 0 Å². The maximum atomic E-state index is 11.3. The number of carbonyl (C=O) groups excluding carboxylic acids is 1. The maximum Gasteiger partial charge on any atom is 0.103 e. The number of carbonyl (C=O) groups is 1. The number of benzene rings is 1. The first-order chi connectivity index (χ1) is 9.75. The third-order valence-electron chi connectivity index (χ3n) is 2.89. The molecule has 98 valence electrons. The Morgan fingerprint density at radius 1 is 1.10 bits per heavy atom. The quantitative estimate of drug-likeness (QED) is 0.714. The molecule has 0 saturated carbocycles. The van der Waals surface area contributed by atoms with Crippen molar-refractivity contribution in [2.24, 2.45) is 0 Å². The molecule has 0 atom stereocenters. The van der Waals surface area contributed by atoms with Crippen LogP contribution >= 0.6 is 0 Å². The molecule has 2 heterocycles. The Labute approximate surface area is 115 Å². The van der Waals surface area contributed by atoms with E-state index in [9.17, 15) is 9.90 Å². The highest BCUT2D eigenvalue weighted by atomic mass is 16.4. The van der Waals surface area contributed by atoms with Crippen LogP contribution in [0, 0.1) is 0 Å². The van der Waals surface area contributed by atoms with Gasteiger partial charge in [0.1, 0.15) is 5.69 Å². The summed E-state index contributed by atoms with van der Waals surface area (Å²) in [6, 6.07) is 12.8. The van der Waals surface area contributed by atoms with Crippen LogP contribution in [0.1, 0.15) is 10.4 Å². The van der Waals surface area contributed by atoms with Crippen molar-refractivity contribution in [1.29, 1.82) is 0 Å². The first-order valence-corrected chi connectivity index (χ1v) is 6.02. The monoisotopic (exact) mass is 264 g/mol. The second kappa shape index (κ2) is 4.97. The van der Waals surface area contributed by atoms with E-state index in [0.29, 0.717) is 11.3 Å². The van der Waals surface area contributed by atoms with Gasteiger partial charge in [-0.3, -0.25) is 4.98 Å². The normalized spacial score (nSPS) is 10.4. The third-order valence-corrected chi connectivity index (χ3v) is 2.89. The van der Waals surface area contributed by atoms with Crippen LogP contribution in [0.4, 0.5) is 0 Å². The molecule has 3 rings (SSSR count). The lowest BCUT2D eigenvalue weighted by Crippen LogP contribution is -2.22. The van der Waals surface area contributed by atoms with Crippen molar-refractivity contribution >= 4 is 5.97 Å². The molecule has 0 N–H and O–H groups in total. The summed E-state index contributed by atoms with van der Waals surface area (Å²) < 4.78 is 1.52. The van der Waals surface area contributed by atoms with Crippen molar-refractivity contribution in [1.82, 2.24) is 14.8 Å². The standard InChI is InChI=1S/C15H11N3O2/c19-15(20)13-10-18(12-6-2-1-3-7-12)17-14(13)11-5-4-8-16-9-11/h1-10H,(H,19,20)/p-1. The molecular weight excluding hydrogens is 254 g/mol. The number of aromatic nitrogens is 3. The summed E-state index contributed by atoms with van der Waals surface area (Å²) in [6.45, 7) is 0. The molecule has 1 aromatic carbocycles. The first kappa shape index (κ1) is 12.1. The summed E-state index contributed by atoms with van der Waals surface area (Å²) in [6.07, 6.45) is 4.65. The van der Waals surface area contributed by atoms with Gasteiger partial charge in [0.25, 0.3) is 0 Å². The van der Waals surface area contributed by atoms with Crippen molar-refractivity contribution in [3.8, 4) is 16.9 Å². The molecule has 0 amide bonds. The Morgan fingerprint density at radius 3 is 2.55 bits per heavy atom. The topological polar surface area (TPSA) is 70.8 Å². The van der Waals surface area contributed by atoms with E-state index in [0.717, 1.165) is 5.69 Å². The zero-order valence-electron chi connectivity index (χ0n) is 10.4. The number of pyridine rings is 1. The molecule has 5 heteroatoms. The predicted octanol–water partition coefficient (Wildman–Crippen LogP) is 1.30. The molecule has 0 radical (unpaired) electrons. The lowest BCUT2D eigenvalue weighted by molar-refractivity contribution is -0.254. The molecule has 2 aromatic heterocycles. The fraction of sp³-hybridized carbons (Fsp3) is 0. The molecule has 0 fully saturated rings. The van der Waals surface area contributed by atoms with E-state index in [-0.39, 0.29) is 5.56 Å². The van der Waals surface area contributed by atoms with Gasteiger partial charge in [0, 0.05) is 29.7 Å². The van der Waals surface area contributed by atoms with E-state index >= 15 is 0 Å². The summed E-state index contributed by atoms with van der Waals surface area (Å²) in [5, 5.41) is 15.6. The number of rotatable bonds is 3. The van der Waals surface area contributed by atoms with Gasteiger partial charge < -0.3 is 9.90 Å². The van der Waals surface area contributed by atoms with E-state index in [4.69, 9.17) is 0 Å². The highest BCUT2D eigenvalue weighted by Crippen LogP contribution is 2.22. The molecule has 0 unspecified atom stereocenters. The number of hydrogen-bond donors (Lipinski definition) is 0. The smallest absolute Gasteiger partial charge is 0.103 e. The van der Waals surface area contributed by atoms with Gasteiger partial charge in [0.15, 0.2) is 0 Å². The van der Waals surface area contributed by atoms with Crippen LogP contribution in [0.2, 0.25) is 0 Å². The predicted molar refractivity (Wildman–Crippen MR) is 71.1 cm³/mol. The minimum atomic E-state index is -1.26. The van der Waals surface area contributed by atoms with E-state index in [2.05, 4.69) is 10.1 Å². The van der Waals surface area contributed by atoms with Crippen LogP contribution in [-0.4, -0.2) is 20.7 Å². The fourth-order valence-corrected chi connectivity index (χ4v) is 1.95. The maximum absolute atomic E-state index is 11.3. The lowest BCUT2D eigenvalue weighted by Gasteiger charge is -2.01. The van der Waals surface area contributed by atoms with Gasteiger partial charge in [-0.15, -0.1) is 0 Å². The minimum absolute atomic E-state index is 0.0434. The average Bonchev–Trinajstić information content (AvgIpc) is 2.94. The molecule has 20 heavy (non-hydrogen) atoms. The molecule has 0 saturated heterocycles. The second-order valence-corrected chi connectivity index (χ2v) is 4.20.